The van der Waals surface area contributed by atoms with E-state index in [2.05, 4.69) is 57.0 Å². The van der Waals surface area contributed by atoms with Crippen LogP contribution < -0.4 is 10.2 Å². The van der Waals surface area contributed by atoms with Gasteiger partial charge in [0.1, 0.15) is 5.82 Å². The van der Waals surface area contributed by atoms with Crippen molar-refractivity contribution in [1.82, 2.24) is 10.3 Å². The average Bonchev–Trinajstić information content (AvgIpc) is 2.43. The van der Waals surface area contributed by atoms with Gasteiger partial charge in [-0.25, -0.2) is 4.98 Å². The van der Waals surface area contributed by atoms with E-state index in [1.54, 1.807) is 0 Å². The average molecular weight is 291 g/mol. The van der Waals surface area contributed by atoms with Crippen molar-refractivity contribution in [3.63, 3.8) is 0 Å². The molecule has 0 aliphatic heterocycles. The summed E-state index contributed by atoms with van der Waals surface area (Å²) >= 11 is 0. The minimum Gasteiger partial charge on any atom is -0.354 e. The van der Waals surface area contributed by atoms with Crippen LogP contribution >= 0.6 is 0 Å². The van der Waals surface area contributed by atoms with Crippen LogP contribution in [0.25, 0.3) is 0 Å². The molecule has 1 aromatic rings. The second-order valence-electron chi connectivity index (χ2n) is 6.44. The smallest absolute Gasteiger partial charge is 0.129 e. The first-order chi connectivity index (χ1) is 9.99. The highest BCUT2D eigenvalue weighted by Crippen LogP contribution is 2.22. The summed E-state index contributed by atoms with van der Waals surface area (Å²) in [4.78, 5) is 7.36. The summed E-state index contributed by atoms with van der Waals surface area (Å²) in [6, 6.07) is 4.96. The Morgan fingerprint density at radius 2 is 1.86 bits per heavy atom. The second kappa shape index (κ2) is 9.04. The number of unbranched alkanes of at least 4 members (excludes halogenated alkanes) is 2. The van der Waals surface area contributed by atoms with E-state index < -0.39 is 0 Å². The molecule has 1 aromatic heterocycles. The lowest BCUT2D eigenvalue weighted by Crippen LogP contribution is -2.33. The zero-order valence-corrected chi connectivity index (χ0v) is 14.7. The first-order valence-electron chi connectivity index (χ1n) is 8.41. The maximum atomic E-state index is 4.91. The predicted molar refractivity (Wildman–Crippen MR) is 93.1 cm³/mol. The summed E-state index contributed by atoms with van der Waals surface area (Å²) in [5.41, 5.74) is 2.52. The Balaban J connectivity index is 3.04. The lowest BCUT2D eigenvalue weighted by atomic mass is 10.1. The van der Waals surface area contributed by atoms with Crippen molar-refractivity contribution >= 4 is 5.82 Å². The quantitative estimate of drug-likeness (QED) is 0.686. The molecule has 0 amide bonds. The SMILES string of the molecule is CCCCCN(c1cc(CNC)cc(C(C)C)n1)C(C)C. The molecule has 3 heteroatoms. The predicted octanol–water partition coefficient (Wildman–Crippen LogP) is 4.33. The number of hydrogen-bond donors (Lipinski definition) is 1. The van der Waals surface area contributed by atoms with Crippen LogP contribution in [0.2, 0.25) is 0 Å². The summed E-state index contributed by atoms with van der Waals surface area (Å²) in [5, 5.41) is 3.25. The Bertz CT molecular complexity index is 413. The number of aromatic nitrogens is 1. The molecule has 0 fully saturated rings. The zero-order valence-electron chi connectivity index (χ0n) is 14.7. The zero-order chi connectivity index (χ0) is 15.8. The van der Waals surface area contributed by atoms with E-state index in [0.717, 1.165) is 18.9 Å². The normalized spacial score (nSPS) is 11.4. The molecule has 1 N–H and O–H groups in total. The van der Waals surface area contributed by atoms with Crippen molar-refractivity contribution < 1.29 is 0 Å². The number of nitrogens with one attached hydrogen (secondary N) is 1. The standard InChI is InChI=1S/C18H33N3/c1-7-8-9-10-21(15(4)5)18-12-16(13-19-6)11-17(20-18)14(2)3/h11-12,14-15,19H,7-10,13H2,1-6H3. The summed E-state index contributed by atoms with van der Waals surface area (Å²) < 4.78 is 0. The maximum absolute atomic E-state index is 4.91. The fourth-order valence-corrected chi connectivity index (χ4v) is 2.51. The highest BCUT2D eigenvalue weighted by atomic mass is 15.2. The largest absolute Gasteiger partial charge is 0.354 e. The molecule has 0 saturated heterocycles. The van der Waals surface area contributed by atoms with Gasteiger partial charge in [0.15, 0.2) is 0 Å². The van der Waals surface area contributed by atoms with E-state index in [9.17, 15) is 0 Å². The van der Waals surface area contributed by atoms with E-state index in [1.807, 2.05) is 7.05 Å². The molecule has 0 aromatic carbocycles. The molecule has 1 heterocycles. The number of pyridine rings is 1. The Hall–Kier alpha value is -1.09. The van der Waals surface area contributed by atoms with Crippen LogP contribution in [0.5, 0.6) is 0 Å². The first kappa shape index (κ1) is 18.0. The molecule has 0 atom stereocenters. The van der Waals surface area contributed by atoms with Crippen LogP contribution in [0, 0.1) is 0 Å². The van der Waals surface area contributed by atoms with Gasteiger partial charge in [0, 0.05) is 24.8 Å². The molecule has 3 nitrogen and oxygen atoms in total. The third-order valence-corrected chi connectivity index (χ3v) is 3.78. The minimum atomic E-state index is 0.463. The van der Waals surface area contributed by atoms with Gasteiger partial charge in [-0.2, -0.15) is 0 Å². The van der Waals surface area contributed by atoms with Gasteiger partial charge >= 0.3 is 0 Å². The van der Waals surface area contributed by atoms with E-state index >= 15 is 0 Å². The topological polar surface area (TPSA) is 28.2 Å². The molecule has 0 unspecified atom stereocenters. The van der Waals surface area contributed by atoms with Crippen LogP contribution in [-0.2, 0) is 6.54 Å². The lowest BCUT2D eigenvalue weighted by Gasteiger charge is -2.29. The van der Waals surface area contributed by atoms with Gasteiger partial charge in [-0.1, -0.05) is 33.6 Å². The van der Waals surface area contributed by atoms with E-state index in [-0.39, 0.29) is 0 Å². The lowest BCUT2D eigenvalue weighted by molar-refractivity contribution is 0.616. The van der Waals surface area contributed by atoms with Gasteiger partial charge in [0.05, 0.1) is 0 Å². The highest BCUT2D eigenvalue weighted by Gasteiger charge is 2.14. The molecular weight excluding hydrogens is 258 g/mol. The Kier molecular flexibility index (Phi) is 7.73. The van der Waals surface area contributed by atoms with E-state index in [0.29, 0.717) is 12.0 Å². The molecule has 0 saturated carbocycles. The number of nitrogens with zero attached hydrogens (tertiary/aromatic N) is 2. The summed E-state index contributed by atoms with van der Waals surface area (Å²) in [6.07, 6.45) is 3.79. The van der Waals surface area contributed by atoms with E-state index in [4.69, 9.17) is 4.98 Å². The van der Waals surface area contributed by atoms with Crippen LogP contribution in [0.1, 0.15) is 71.1 Å². The van der Waals surface area contributed by atoms with Crippen LogP contribution in [0.3, 0.4) is 0 Å². The van der Waals surface area contributed by atoms with Gasteiger partial charge < -0.3 is 10.2 Å². The molecule has 1 rings (SSSR count). The van der Waals surface area contributed by atoms with Gasteiger partial charge in [-0.05, 0) is 50.9 Å². The molecule has 0 aliphatic rings. The number of hydrogen-bond acceptors (Lipinski definition) is 3. The Morgan fingerprint density at radius 1 is 1.14 bits per heavy atom. The molecule has 0 spiro atoms. The van der Waals surface area contributed by atoms with Crippen molar-refractivity contribution in [2.45, 2.75) is 72.4 Å². The first-order valence-corrected chi connectivity index (χ1v) is 8.41. The van der Waals surface area contributed by atoms with Gasteiger partial charge in [0.2, 0.25) is 0 Å². The Labute approximate surface area is 131 Å². The highest BCUT2D eigenvalue weighted by molar-refractivity contribution is 5.44. The summed E-state index contributed by atoms with van der Waals surface area (Å²) in [7, 11) is 2.00. The molecule has 21 heavy (non-hydrogen) atoms. The minimum absolute atomic E-state index is 0.463. The monoisotopic (exact) mass is 291 g/mol. The van der Waals surface area contributed by atoms with Gasteiger partial charge in [-0.15, -0.1) is 0 Å². The molecule has 0 bridgehead atoms. The third-order valence-electron chi connectivity index (χ3n) is 3.78. The van der Waals surface area contributed by atoms with Crippen LogP contribution in [0.15, 0.2) is 12.1 Å². The molecule has 120 valence electrons. The summed E-state index contributed by atoms with van der Waals surface area (Å²) in [6.45, 7) is 13.2. The second-order valence-corrected chi connectivity index (χ2v) is 6.44. The molecule has 0 aliphatic carbocycles. The maximum Gasteiger partial charge on any atom is 0.129 e. The van der Waals surface area contributed by atoms with Gasteiger partial charge in [-0.3, -0.25) is 0 Å². The fourth-order valence-electron chi connectivity index (χ4n) is 2.51. The molecule has 0 radical (unpaired) electrons. The van der Waals surface area contributed by atoms with Crippen molar-refractivity contribution in [2.24, 2.45) is 0 Å². The van der Waals surface area contributed by atoms with Crippen molar-refractivity contribution in [3.05, 3.63) is 23.4 Å². The fraction of sp³-hybridized carbons (Fsp3) is 0.722. The Morgan fingerprint density at radius 3 is 2.38 bits per heavy atom. The van der Waals surface area contributed by atoms with Crippen molar-refractivity contribution in [1.29, 1.82) is 0 Å². The number of rotatable bonds is 9. The molecular formula is C18H33N3. The van der Waals surface area contributed by atoms with Crippen molar-refractivity contribution in [3.8, 4) is 0 Å². The third kappa shape index (κ3) is 5.66. The van der Waals surface area contributed by atoms with Crippen LogP contribution in [-0.4, -0.2) is 24.6 Å². The number of anilines is 1. The van der Waals surface area contributed by atoms with Crippen molar-refractivity contribution in [2.75, 3.05) is 18.5 Å². The van der Waals surface area contributed by atoms with Gasteiger partial charge in [0.25, 0.3) is 0 Å². The summed E-state index contributed by atoms with van der Waals surface area (Å²) in [5.74, 6) is 1.60. The van der Waals surface area contributed by atoms with Crippen LogP contribution in [0.4, 0.5) is 5.82 Å². The van der Waals surface area contributed by atoms with E-state index in [1.165, 1.54) is 30.5 Å².